The number of hydrogen-bond acceptors (Lipinski definition) is 2. The van der Waals surface area contributed by atoms with Gasteiger partial charge in [0.2, 0.25) is 0 Å². The minimum atomic E-state index is -0.798. The van der Waals surface area contributed by atoms with Crippen molar-refractivity contribution in [3.05, 3.63) is 17.0 Å². The van der Waals surface area contributed by atoms with Gasteiger partial charge in [0, 0.05) is 5.69 Å². The van der Waals surface area contributed by atoms with Crippen LogP contribution in [0.3, 0.4) is 0 Å². The van der Waals surface area contributed by atoms with Crippen molar-refractivity contribution < 1.29 is 9.90 Å². The Labute approximate surface area is 89.9 Å². The summed E-state index contributed by atoms with van der Waals surface area (Å²) in [5, 5.41) is 13.4. The van der Waals surface area contributed by atoms with Crippen LogP contribution in [0.5, 0.6) is 0 Å². The van der Waals surface area contributed by atoms with Crippen LogP contribution >= 0.6 is 0 Å². The molecule has 0 aliphatic rings. The highest BCUT2D eigenvalue weighted by Gasteiger charge is 2.28. The van der Waals surface area contributed by atoms with Gasteiger partial charge in [-0.1, -0.05) is 0 Å². The second-order valence-electron chi connectivity index (χ2n) is 4.64. The van der Waals surface area contributed by atoms with E-state index in [1.165, 1.54) is 0 Å². The van der Waals surface area contributed by atoms with E-state index in [0.29, 0.717) is 6.54 Å². The van der Waals surface area contributed by atoms with Crippen molar-refractivity contribution in [2.45, 2.75) is 41.2 Å². The molecule has 0 aliphatic heterocycles. The first-order valence-electron chi connectivity index (χ1n) is 4.99. The second kappa shape index (κ2) is 3.68. The van der Waals surface area contributed by atoms with E-state index < -0.39 is 11.4 Å². The maximum absolute atomic E-state index is 11.0. The highest BCUT2D eigenvalue weighted by atomic mass is 16.4. The summed E-state index contributed by atoms with van der Waals surface area (Å²) in [6.07, 6.45) is 0. The Bertz CT molecular complexity index is 392. The molecule has 15 heavy (non-hydrogen) atoms. The van der Waals surface area contributed by atoms with Gasteiger partial charge in [-0.05, 0) is 40.2 Å². The average Bonchev–Trinajstić information content (AvgIpc) is 2.33. The second-order valence-corrected chi connectivity index (χ2v) is 4.64. The molecule has 0 radical (unpaired) electrons. The normalized spacial score (nSPS) is 11.8. The lowest BCUT2D eigenvalue weighted by molar-refractivity contribution is -0.147. The first kappa shape index (κ1) is 11.8. The summed E-state index contributed by atoms with van der Waals surface area (Å²) >= 11 is 0. The zero-order valence-electron chi connectivity index (χ0n) is 9.96. The highest BCUT2D eigenvalue weighted by molar-refractivity contribution is 5.73. The molecule has 0 saturated heterocycles. The molecule has 0 bridgehead atoms. The maximum Gasteiger partial charge on any atom is 0.310 e. The number of carbonyl (C=O) groups is 1. The minimum Gasteiger partial charge on any atom is -0.481 e. The lowest BCUT2D eigenvalue weighted by atomic mass is 9.94. The zero-order chi connectivity index (χ0) is 11.8. The third kappa shape index (κ3) is 2.19. The van der Waals surface area contributed by atoms with Crippen LogP contribution in [0.4, 0.5) is 0 Å². The van der Waals surface area contributed by atoms with Crippen LogP contribution in [0, 0.1) is 26.2 Å². The molecule has 1 heterocycles. The van der Waals surface area contributed by atoms with Crippen molar-refractivity contribution in [2.24, 2.45) is 5.41 Å². The van der Waals surface area contributed by atoms with Crippen molar-refractivity contribution in [1.29, 1.82) is 0 Å². The SMILES string of the molecule is Cc1nn(CC(C)(C)C(=O)O)c(C)c1C. The predicted molar refractivity (Wildman–Crippen MR) is 57.9 cm³/mol. The first-order valence-corrected chi connectivity index (χ1v) is 4.99. The Morgan fingerprint density at radius 3 is 2.27 bits per heavy atom. The van der Waals surface area contributed by atoms with Gasteiger partial charge in [0.25, 0.3) is 0 Å². The van der Waals surface area contributed by atoms with Gasteiger partial charge >= 0.3 is 5.97 Å². The van der Waals surface area contributed by atoms with Crippen molar-refractivity contribution >= 4 is 5.97 Å². The molecule has 0 aliphatic carbocycles. The third-order valence-electron chi connectivity index (χ3n) is 2.87. The number of aryl methyl sites for hydroxylation is 1. The number of aliphatic carboxylic acids is 1. The van der Waals surface area contributed by atoms with Crippen LogP contribution in [0.2, 0.25) is 0 Å². The Kier molecular flexibility index (Phi) is 2.88. The fraction of sp³-hybridized carbons (Fsp3) is 0.636. The maximum atomic E-state index is 11.0. The fourth-order valence-corrected chi connectivity index (χ4v) is 1.38. The number of hydrogen-bond donors (Lipinski definition) is 1. The molecule has 1 N–H and O–H groups in total. The molecule has 0 aromatic carbocycles. The summed E-state index contributed by atoms with van der Waals surface area (Å²) < 4.78 is 1.78. The van der Waals surface area contributed by atoms with Crippen LogP contribution in [-0.2, 0) is 11.3 Å². The van der Waals surface area contributed by atoms with E-state index in [0.717, 1.165) is 17.0 Å². The molecule has 0 fully saturated rings. The minimum absolute atomic E-state index is 0.406. The van der Waals surface area contributed by atoms with Crippen molar-refractivity contribution in [3.63, 3.8) is 0 Å². The number of carboxylic acid groups (broad SMARTS) is 1. The molecule has 0 unspecified atom stereocenters. The summed E-state index contributed by atoms with van der Waals surface area (Å²) in [4.78, 5) is 11.0. The molecule has 1 aromatic heterocycles. The van der Waals surface area contributed by atoms with Crippen LogP contribution < -0.4 is 0 Å². The van der Waals surface area contributed by atoms with Crippen molar-refractivity contribution in [2.75, 3.05) is 0 Å². The van der Waals surface area contributed by atoms with Gasteiger partial charge in [-0.25, -0.2) is 0 Å². The predicted octanol–water partition coefficient (Wildman–Crippen LogP) is 1.92. The lowest BCUT2D eigenvalue weighted by Crippen LogP contribution is -2.30. The third-order valence-corrected chi connectivity index (χ3v) is 2.87. The Hall–Kier alpha value is -1.32. The van der Waals surface area contributed by atoms with Gasteiger partial charge in [-0.3, -0.25) is 9.48 Å². The highest BCUT2D eigenvalue weighted by Crippen LogP contribution is 2.21. The van der Waals surface area contributed by atoms with E-state index in [2.05, 4.69) is 5.10 Å². The van der Waals surface area contributed by atoms with E-state index >= 15 is 0 Å². The molecule has 1 rings (SSSR count). The van der Waals surface area contributed by atoms with E-state index in [-0.39, 0.29) is 0 Å². The van der Waals surface area contributed by atoms with Crippen molar-refractivity contribution in [1.82, 2.24) is 9.78 Å². The van der Waals surface area contributed by atoms with Gasteiger partial charge in [0.1, 0.15) is 0 Å². The molecule has 0 saturated carbocycles. The average molecular weight is 210 g/mol. The van der Waals surface area contributed by atoms with Crippen LogP contribution in [0.15, 0.2) is 0 Å². The lowest BCUT2D eigenvalue weighted by Gasteiger charge is -2.19. The number of rotatable bonds is 3. The topological polar surface area (TPSA) is 55.1 Å². The molecule has 84 valence electrons. The van der Waals surface area contributed by atoms with E-state index in [1.807, 2.05) is 20.8 Å². The summed E-state index contributed by atoms with van der Waals surface area (Å²) in [5.41, 5.74) is 2.36. The van der Waals surface area contributed by atoms with E-state index in [4.69, 9.17) is 5.11 Å². The van der Waals surface area contributed by atoms with Crippen LogP contribution in [0.25, 0.3) is 0 Å². The monoisotopic (exact) mass is 210 g/mol. The summed E-state index contributed by atoms with van der Waals surface area (Å²) in [6.45, 7) is 9.73. The fourth-order valence-electron chi connectivity index (χ4n) is 1.38. The van der Waals surface area contributed by atoms with Gasteiger partial charge in [0.05, 0.1) is 17.7 Å². The van der Waals surface area contributed by atoms with Crippen molar-refractivity contribution in [3.8, 4) is 0 Å². The molecular weight excluding hydrogens is 192 g/mol. The quantitative estimate of drug-likeness (QED) is 0.829. The Balaban J connectivity index is 3.00. The number of carboxylic acids is 1. The summed E-state index contributed by atoms with van der Waals surface area (Å²) in [6, 6.07) is 0. The zero-order valence-corrected chi connectivity index (χ0v) is 9.96. The van der Waals surface area contributed by atoms with E-state index in [1.54, 1.807) is 18.5 Å². The molecule has 0 atom stereocenters. The standard InChI is InChI=1S/C11H18N2O2/c1-7-8(2)12-13(9(7)3)6-11(4,5)10(14)15/h6H2,1-5H3,(H,14,15). The largest absolute Gasteiger partial charge is 0.481 e. The van der Waals surface area contributed by atoms with Crippen LogP contribution in [0.1, 0.15) is 30.8 Å². The molecule has 4 nitrogen and oxygen atoms in total. The van der Waals surface area contributed by atoms with Gasteiger partial charge < -0.3 is 5.11 Å². The summed E-state index contributed by atoms with van der Waals surface area (Å²) in [7, 11) is 0. The molecular formula is C11H18N2O2. The Morgan fingerprint density at radius 1 is 1.40 bits per heavy atom. The molecule has 0 amide bonds. The number of nitrogens with zero attached hydrogens (tertiary/aromatic N) is 2. The molecule has 4 heteroatoms. The molecule has 1 aromatic rings. The molecule has 0 spiro atoms. The Morgan fingerprint density at radius 2 is 1.93 bits per heavy atom. The van der Waals surface area contributed by atoms with Crippen LogP contribution in [-0.4, -0.2) is 20.9 Å². The smallest absolute Gasteiger partial charge is 0.310 e. The summed E-state index contributed by atoms with van der Waals surface area (Å²) in [5.74, 6) is -0.798. The van der Waals surface area contributed by atoms with E-state index in [9.17, 15) is 4.79 Å². The van der Waals surface area contributed by atoms with Gasteiger partial charge in [-0.2, -0.15) is 5.10 Å². The number of aromatic nitrogens is 2. The first-order chi connectivity index (χ1) is 6.75. The van der Waals surface area contributed by atoms with Gasteiger partial charge in [-0.15, -0.1) is 0 Å². The van der Waals surface area contributed by atoms with Gasteiger partial charge in [0.15, 0.2) is 0 Å².